The molecule has 0 saturated heterocycles. The molecular weight excluding hydrogens is 298 g/mol. The molecular formula is C17H21NO5. The number of nitrogens with zero attached hydrogens (tertiary/aromatic N) is 1. The van der Waals surface area contributed by atoms with Gasteiger partial charge in [-0.25, -0.2) is 9.78 Å². The molecule has 0 atom stereocenters. The molecule has 2 aromatic rings. The van der Waals surface area contributed by atoms with E-state index in [9.17, 15) is 4.79 Å². The minimum absolute atomic E-state index is 0.238. The zero-order chi connectivity index (χ0) is 17.1. The zero-order valence-corrected chi connectivity index (χ0v) is 14.3. The van der Waals surface area contributed by atoms with Gasteiger partial charge in [0.15, 0.2) is 11.5 Å². The van der Waals surface area contributed by atoms with E-state index in [0.717, 1.165) is 16.3 Å². The van der Waals surface area contributed by atoms with Crippen LogP contribution in [0.25, 0.3) is 10.8 Å². The van der Waals surface area contributed by atoms with E-state index in [1.807, 2.05) is 13.8 Å². The van der Waals surface area contributed by atoms with Crippen molar-refractivity contribution in [3.8, 4) is 17.2 Å². The summed E-state index contributed by atoms with van der Waals surface area (Å²) < 4.78 is 21.6. The standard InChI is InChI=1S/C17H21NO5/c1-7-23-17(19)12-8-11-13(10(3)18-12)16(22-6)15(21-5)9(2)14(11)20-4/h8H,7H2,1-6H3. The fraction of sp³-hybridized carbons (Fsp3) is 0.412. The second-order valence-corrected chi connectivity index (χ2v) is 4.96. The van der Waals surface area contributed by atoms with E-state index in [2.05, 4.69) is 4.98 Å². The summed E-state index contributed by atoms with van der Waals surface area (Å²) in [4.78, 5) is 16.4. The predicted molar refractivity (Wildman–Crippen MR) is 86.8 cm³/mol. The number of benzene rings is 1. The largest absolute Gasteiger partial charge is 0.496 e. The van der Waals surface area contributed by atoms with Crippen molar-refractivity contribution in [3.05, 3.63) is 23.0 Å². The Hall–Kier alpha value is -2.50. The summed E-state index contributed by atoms with van der Waals surface area (Å²) in [5.74, 6) is 1.31. The van der Waals surface area contributed by atoms with Gasteiger partial charge < -0.3 is 18.9 Å². The van der Waals surface area contributed by atoms with Crippen molar-refractivity contribution in [3.63, 3.8) is 0 Å². The van der Waals surface area contributed by atoms with Gasteiger partial charge in [0.25, 0.3) is 0 Å². The number of carbonyl (C=O) groups is 1. The Balaban J connectivity index is 2.89. The zero-order valence-electron chi connectivity index (χ0n) is 14.3. The fourth-order valence-corrected chi connectivity index (χ4v) is 2.74. The van der Waals surface area contributed by atoms with Crippen molar-refractivity contribution in [2.75, 3.05) is 27.9 Å². The molecule has 1 heterocycles. The third-order valence-corrected chi connectivity index (χ3v) is 3.66. The number of pyridine rings is 1. The summed E-state index contributed by atoms with van der Waals surface area (Å²) in [5.41, 5.74) is 1.67. The van der Waals surface area contributed by atoms with Crippen LogP contribution in [0.1, 0.15) is 28.7 Å². The van der Waals surface area contributed by atoms with Gasteiger partial charge in [0.05, 0.1) is 39.0 Å². The number of aromatic nitrogens is 1. The molecule has 6 nitrogen and oxygen atoms in total. The van der Waals surface area contributed by atoms with E-state index in [1.54, 1.807) is 34.3 Å². The van der Waals surface area contributed by atoms with Crippen LogP contribution in [0.2, 0.25) is 0 Å². The highest BCUT2D eigenvalue weighted by Gasteiger charge is 2.23. The predicted octanol–water partition coefficient (Wildman–Crippen LogP) is 3.05. The molecule has 0 fully saturated rings. The van der Waals surface area contributed by atoms with Crippen molar-refractivity contribution in [1.29, 1.82) is 0 Å². The second kappa shape index (κ2) is 6.73. The molecule has 0 bridgehead atoms. The quantitative estimate of drug-likeness (QED) is 0.789. The van der Waals surface area contributed by atoms with Crippen molar-refractivity contribution in [2.45, 2.75) is 20.8 Å². The van der Waals surface area contributed by atoms with Crippen LogP contribution in [-0.2, 0) is 4.74 Å². The number of fused-ring (bicyclic) bond motifs is 1. The SMILES string of the molecule is CCOC(=O)c1cc2c(OC)c(C)c(OC)c(OC)c2c(C)n1. The molecule has 124 valence electrons. The van der Waals surface area contributed by atoms with Crippen molar-refractivity contribution in [2.24, 2.45) is 0 Å². The van der Waals surface area contributed by atoms with Crippen molar-refractivity contribution >= 4 is 16.7 Å². The Morgan fingerprint density at radius 3 is 2.17 bits per heavy atom. The first-order chi connectivity index (χ1) is 11.0. The average Bonchev–Trinajstić information content (AvgIpc) is 2.53. The van der Waals surface area contributed by atoms with Gasteiger partial charge in [-0.1, -0.05) is 0 Å². The van der Waals surface area contributed by atoms with Crippen molar-refractivity contribution in [1.82, 2.24) is 4.98 Å². The maximum atomic E-state index is 12.0. The van der Waals surface area contributed by atoms with Crippen LogP contribution in [-0.4, -0.2) is 38.9 Å². The van der Waals surface area contributed by atoms with E-state index < -0.39 is 5.97 Å². The van der Waals surface area contributed by atoms with E-state index in [4.69, 9.17) is 18.9 Å². The van der Waals surface area contributed by atoms with Crippen LogP contribution in [0, 0.1) is 13.8 Å². The third-order valence-electron chi connectivity index (χ3n) is 3.66. The number of methoxy groups -OCH3 is 3. The third kappa shape index (κ3) is 2.76. The Kier molecular flexibility index (Phi) is 4.93. The first-order valence-corrected chi connectivity index (χ1v) is 7.27. The molecule has 0 unspecified atom stereocenters. The second-order valence-electron chi connectivity index (χ2n) is 4.96. The summed E-state index contributed by atoms with van der Waals surface area (Å²) in [7, 11) is 4.72. The number of ether oxygens (including phenoxy) is 4. The van der Waals surface area contributed by atoms with E-state index in [-0.39, 0.29) is 5.69 Å². The van der Waals surface area contributed by atoms with Gasteiger partial charge in [-0.2, -0.15) is 0 Å². The lowest BCUT2D eigenvalue weighted by Crippen LogP contribution is -2.09. The van der Waals surface area contributed by atoms with Gasteiger partial charge in [-0.3, -0.25) is 0 Å². The lowest BCUT2D eigenvalue weighted by Gasteiger charge is -2.19. The van der Waals surface area contributed by atoms with E-state index in [0.29, 0.717) is 29.5 Å². The average molecular weight is 319 g/mol. The highest BCUT2D eigenvalue weighted by Crippen LogP contribution is 2.46. The van der Waals surface area contributed by atoms with Gasteiger partial charge in [-0.15, -0.1) is 0 Å². The number of esters is 1. The molecule has 0 N–H and O–H groups in total. The van der Waals surface area contributed by atoms with Crippen LogP contribution < -0.4 is 14.2 Å². The normalized spacial score (nSPS) is 10.5. The van der Waals surface area contributed by atoms with Gasteiger partial charge in [0.2, 0.25) is 0 Å². The van der Waals surface area contributed by atoms with Gasteiger partial charge >= 0.3 is 5.97 Å². The smallest absolute Gasteiger partial charge is 0.356 e. The topological polar surface area (TPSA) is 66.9 Å². The minimum atomic E-state index is -0.466. The highest BCUT2D eigenvalue weighted by molar-refractivity contribution is 6.02. The monoisotopic (exact) mass is 319 g/mol. The van der Waals surface area contributed by atoms with Crippen molar-refractivity contribution < 1.29 is 23.7 Å². The lowest BCUT2D eigenvalue weighted by molar-refractivity contribution is 0.0519. The lowest BCUT2D eigenvalue weighted by atomic mass is 10.0. The number of aryl methyl sites for hydroxylation is 1. The van der Waals surface area contributed by atoms with Crippen LogP contribution in [0.4, 0.5) is 0 Å². The summed E-state index contributed by atoms with van der Waals surface area (Å²) in [5, 5.41) is 1.48. The van der Waals surface area contributed by atoms with Gasteiger partial charge in [-0.05, 0) is 26.8 Å². The molecule has 23 heavy (non-hydrogen) atoms. The molecule has 0 aliphatic rings. The summed E-state index contributed by atoms with van der Waals surface area (Å²) in [6.07, 6.45) is 0. The maximum Gasteiger partial charge on any atom is 0.356 e. The Bertz CT molecular complexity index is 755. The molecule has 1 aromatic heterocycles. The van der Waals surface area contributed by atoms with Gasteiger partial charge in [0.1, 0.15) is 11.4 Å². The maximum absolute atomic E-state index is 12.0. The molecule has 1 aromatic carbocycles. The van der Waals surface area contributed by atoms with Crippen LogP contribution in [0.3, 0.4) is 0 Å². The van der Waals surface area contributed by atoms with E-state index >= 15 is 0 Å². The Labute approximate surface area is 135 Å². The minimum Gasteiger partial charge on any atom is -0.496 e. The summed E-state index contributed by atoms with van der Waals surface area (Å²) in [6, 6.07) is 1.66. The molecule has 6 heteroatoms. The summed E-state index contributed by atoms with van der Waals surface area (Å²) in [6.45, 7) is 5.73. The molecule has 0 saturated carbocycles. The first-order valence-electron chi connectivity index (χ1n) is 7.27. The summed E-state index contributed by atoms with van der Waals surface area (Å²) >= 11 is 0. The van der Waals surface area contributed by atoms with Crippen LogP contribution >= 0.6 is 0 Å². The van der Waals surface area contributed by atoms with Crippen LogP contribution in [0.5, 0.6) is 17.2 Å². The molecule has 0 aliphatic heterocycles. The van der Waals surface area contributed by atoms with E-state index in [1.165, 1.54) is 0 Å². The molecule has 0 radical (unpaired) electrons. The number of hydrogen-bond donors (Lipinski definition) is 0. The highest BCUT2D eigenvalue weighted by atomic mass is 16.5. The number of rotatable bonds is 5. The molecule has 0 aliphatic carbocycles. The molecule has 0 amide bonds. The van der Waals surface area contributed by atoms with Gasteiger partial charge in [0, 0.05) is 10.9 Å². The number of hydrogen-bond acceptors (Lipinski definition) is 6. The first kappa shape index (κ1) is 16.9. The van der Waals surface area contributed by atoms with Crippen LogP contribution in [0.15, 0.2) is 6.07 Å². The fourth-order valence-electron chi connectivity index (χ4n) is 2.74. The Morgan fingerprint density at radius 1 is 1.04 bits per heavy atom. The Morgan fingerprint density at radius 2 is 1.65 bits per heavy atom. The molecule has 0 spiro atoms. The molecule has 2 rings (SSSR count). The number of carbonyl (C=O) groups excluding carboxylic acids is 1.